The van der Waals surface area contributed by atoms with Gasteiger partial charge in [0.1, 0.15) is 0 Å². The summed E-state index contributed by atoms with van der Waals surface area (Å²) in [5, 5.41) is 11.9. The van der Waals surface area contributed by atoms with Crippen LogP contribution in [0.15, 0.2) is 36.7 Å². The summed E-state index contributed by atoms with van der Waals surface area (Å²) in [4.78, 5) is 0. The number of hydrogen-bond acceptors (Lipinski definition) is 3. The first-order valence-electron chi connectivity index (χ1n) is 5.59. The van der Waals surface area contributed by atoms with Crippen molar-refractivity contribution in [1.29, 1.82) is 0 Å². The first-order valence-corrected chi connectivity index (χ1v) is 5.97. The van der Waals surface area contributed by atoms with Gasteiger partial charge in [-0.15, -0.1) is 5.10 Å². The van der Waals surface area contributed by atoms with Crippen LogP contribution in [0, 0.1) is 0 Å². The molecule has 0 saturated heterocycles. The fourth-order valence-corrected chi connectivity index (χ4v) is 1.98. The summed E-state index contributed by atoms with van der Waals surface area (Å²) < 4.78 is 1.80. The number of rotatable bonds is 5. The van der Waals surface area contributed by atoms with Crippen molar-refractivity contribution in [3.8, 4) is 0 Å². The van der Waals surface area contributed by atoms with E-state index in [1.807, 2.05) is 30.5 Å². The Morgan fingerprint density at radius 2 is 2.24 bits per heavy atom. The second-order valence-corrected chi connectivity index (χ2v) is 4.27. The van der Waals surface area contributed by atoms with Gasteiger partial charge in [-0.25, -0.2) is 0 Å². The van der Waals surface area contributed by atoms with Crippen LogP contribution in [-0.2, 0) is 6.54 Å². The van der Waals surface area contributed by atoms with E-state index in [1.165, 1.54) is 0 Å². The SMILES string of the molecule is CC(NCCn1ccnn1)c1ccccc1Cl. The van der Waals surface area contributed by atoms with E-state index < -0.39 is 0 Å². The molecule has 0 bridgehead atoms. The molecule has 90 valence electrons. The Labute approximate surface area is 106 Å². The van der Waals surface area contributed by atoms with E-state index in [0.717, 1.165) is 23.7 Å². The molecule has 1 aromatic heterocycles. The van der Waals surface area contributed by atoms with E-state index in [-0.39, 0.29) is 6.04 Å². The highest BCUT2D eigenvalue weighted by molar-refractivity contribution is 6.31. The predicted molar refractivity (Wildman–Crippen MR) is 67.9 cm³/mol. The highest BCUT2D eigenvalue weighted by Crippen LogP contribution is 2.21. The Bertz CT molecular complexity index is 455. The molecule has 1 unspecified atom stereocenters. The minimum atomic E-state index is 0.229. The van der Waals surface area contributed by atoms with Crippen LogP contribution in [-0.4, -0.2) is 21.5 Å². The highest BCUT2D eigenvalue weighted by Gasteiger charge is 2.07. The van der Waals surface area contributed by atoms with Crippen LogP contribution in [0.25, 0.3) is 0 Å². The Balaban J connectivity index is 1.85. The molecule has 2 rings (SSSR count). The van der Waals surface area contributed by atoms with Crippen LogP contribution in [0.5, 0.6) is 0 Å². The highest BCUT2D eigenvalue weighted by atomic mass is 35.5. The van der Waals surface area contributed by atoms with Crippen molar-refractivity contribution in [3.63, 3.8) is 0 Å². The molecule has 4 nitrogen and oxygen atoms in total. The van der Waals surface area contributed by atoms with Gasteiger partial charge in [-0.1, -0.05) is 35.0 Å². The third-order valence-electron chi connectivity index (χ3n) is 2.64. The molecular weight excluding hydrogens is 236 g/mol. The number of hydrogen-bond donors (Lipinski definition) is 1. The number of aromatic nitrogens is 3. The monoisotopic (exact) mass is 250 g/mol. The quantitative estimate of drug-likeness (QED) is 0.885. The fraction of sp³-hybridized carbons (Fsp3) is 0.333. The molecular formula is C12H15ClN4. The summed E-state index contributed by atoms with van der Waals surface area (Å²) in [5.41, 5.74) is 1.12. The standard InChI is InChI=1S/C12H15ClN4/c1-10(11-4-2-3-5-12(11)13)14-6-8-17-9-7-15-16-17/h2-5,7,9-10,14H,6,8H2,1H3. The molecule has 0 radical (unpaired) electrons. The van der Waals surface area contributed by atoms with Crippen LogP contribution < -0.4 is 5.32 Å². The molecule has 0 amide bonds. The second kappa shape index (κ2) is 5.80. The van der Waals surface area contributed by atoms with Gasteiger partial charge in [0.2, 0.25) is 0 Å². The molecule has 0 spiro atoms. The van der Waals surface area contributed by atoms with Crippen LogP contribution in [0.1, 0.15) is 18.5 Å². The Hall–Kier alpha value is -1.39. The Morgan fingerprint density at radius 1 is 1.41 bits per heavy atom. The second-order valence-electron chi connectivity index (χ2n) is 3.86. The first-order chi connectivity index (χ1) is 8.27. The Morgan fingerprint density at radius 3 is 2.94 bits per heavy atom. The largest absolute Gasteiger partial charge is 0.308 e. The lowest BCUT2D eigenvalue weighted by molar-refractivity contribution is 0.499. The lowest BCUT2D eigenvalue weighted by atomic mass is 10.1. The molecule has 0 fully saturated rings. The van der Waals surface area contributed by atoms with Crippen molar-refractivity contribution < 1.29 is 0 Å². The van der Waals surface area contributed by atoms with Gasteiger partial charge in [-0.2, -0.15) is 0 Å². The number of halogens is 1. The van der Waals surface area contributed by atoms with Crippen molar-refractivity contribution in [3.05, 3.63) is 47.2 Å². The lowest BCUT2D eigenvalue weighted by Gasteiger charge is -2.15. The summed E-state index contributed by atoms with van der Waals surface area (Å²) in [7, 11) is 0. The van der Waals surface area contributed by atoms with Crippen molar-refractivity contribution in [2.24, 2.45) is 0 Å². The van der Waals surface area contributed by atoms with Crippen molar-refractivity contribution in [2.75, 3.05) is 6.54 Å². The van der Waals surface area contributed by atoms with Gasteiger partial charge in [0.15, 0.2) is 0 Å². The third-order valence-corrected chi connectivity index (χ3v) is 2.98. The zero-order valence-electron chi connectivity index (χ0n) is 9.68. The average molecular weight is 251 g/mol. The third kappa shape index (κ3) is 3.28. The summed E-state index contributed by atoms with van der Waals surface area (Å²) in [6.07, 6.45) is 3.53. The molecule has 2 aromatic rings. The van der Waals surface area contributed by atoms with Crippen molar-refractivity contribution in [1.82, 2.24) is 20.3 Å². The maximum atomic E-state index is 6.13. The molecule has 1 N–H and O–H groups in total. The zero-order chi connectivity index (χ0) is 12.1. The van der Waals surface area contributed by atoms with E-state index in [4.69, 9.17) is 11.6 Å². The van der Waals surface area contributed by atoms with Crippen LogP contribution >= 0.6 is 11.6 Å². The van der Waals surface area contributed by atoms with Crippen molar-refractivity contribution >= 4 is 11.6 Å². The molecule has 0 aliphatic carbocycles. The topological polar surface area (TPSA) is 42.7 Å². The van der Waals surface area contributed by atoms with E-state index in [0.29, 0.717) is 0 Å². The lowest BCUT2D eigenvalue weighted by Crippen LogP contribution is -2.23. The van der Waals surface area contributed by atoms with Gasteiger partial charge < -0.3 is 5.32 Å². The number of nitrogens with one attached hydrogen (secondary N) is 1. The van der Waals surface area contributed by atoms with Gasteiger partial charge in [-0.05, 0) is 18.6 Å². The van der Waals surface area contributed by atoms with E-state index in [2.05, 4.69) is 22.6 Å². The minimum Gasteiger partial charge on any atom is -0.308 e. The first kappa shape index (κ1) is 12.1. The zero-order valence-corrected chi connectivity index (χ0v) is 10.4. The molecule has 0 saturated carbocycles. The Kier molecular flexibility index (Phi) is 4.12. The summed E-state index contributed by atoms with van der Waals surface area (Å²) in [6.45, 7) is 3.73. The summed E-state index contributed by atoms with van der Waals surface area (Å²) in [6, 6.07) is 8.11. The molecule has 1 heterocycles. The van der Waals surface area contributed by atoms with E-state index >= 15 is 0 Å². The van der Waals surface area contributed by atoms with Gasteiger partial charge in [-0.3, -0.25) is 4.68 Å². The number of nitrogens with zero attached hydrogens (tertiary/aromatic N) is 3. The molecule has 1 atom stereocenters. The van der Waals surface area contributed by atoms with Crippen LogP contribution in [0.3, 0.4) is 0 Å². The molecule has 0 aliphatic heterocycles. The van der Waals surface area contributed by atoms with Gasteiger partial charge in [0, 0.05) is 23.8 Å². The normalized spacial score (nSPS) is 12.6. The molecule has 0 aliphatic rings. The van der Waals surface area contributed by atoms with Crippen molar-refractivity contribution in [2.45, 2.75) is 19.5 Å². The summed E-state index contributed by atoms with van der Waals surface area (Å²) >= 11 is 6.13. The maximum Gasteiger partial charge on any atom is 0.0692 e. The van der Waals surface area contributed by atoms with Gasteiger partial charge >= 0.3 is 0 Å². The van der Waals surface area contributed by atoms with E-state index in [1.54, 1.807) is 10.9 Å². The molecule has 1 aromatic carbocycles. The minimum absolute atomic E-state index is 0.229. The van der Waals surface area contributed by atoms with Crippen LogP contribution in [0.4, 0.5) is 0 Å². The molecule has 17 heavy (non-hydrogen) atoms. The maximum absolute atomic E-state index is 6.13. The number of benzene rings is 1. The fourth-order valence-electron chi connectivity index (χ4n) is 1.68. The van der Waals surface area contributed by atoms with E-state index in [9.17, 15) is 0 Å². The van der Waals surface area contributed by atoms with Gasteiger partial charge in [0.25, 0.3) is 0 Å². The smallest absolute Gasteiger partial charge is 0.0692 e. The molecule has 5 heteroatoms. The van der Waals surface area contributed by atoms with Crippen LogP contribution in [0.2, 0.25) is 5.02 Å². The van der Waals surface area contributed by atoms with Gasteiger partial charge in [0.05, 0.1) is 12.7 Å². The summed E-state index contributed by atoms with van der Waals surface area (Å²) in [5.74, 6) is 0. The predicted octanol–water partition coefficient (Wildman–Crippen LogP) is 2.28. The average Bonchev–Trinajstić information content (AvgIpc) is 2.82.